The smallest absolute Gasteiger partial charge is 0.188 e. The number of rotatable bonds is 2. The van der Waals surface area contributed by atoms with E-state index in [-0.39, 0.29) is 0 Å². The zero-order chi connectivity index (χ0) is 11.9. The second kappa shape index (κ2) is 5.67. The van der Waals surface area contributed by atoms with Crippen molar-refractivity contribution in [3.63, 3.8) is 0 Å². The molecule has 1 nitrogen and oxygen atoms in total. The van der Waals surface area contributed by atoms with Gasteiger partial charge in [-0.05, 0) is 24.3 Å². The molecule has 0 unspecified atom stereocenters. The number of nitrogens with zero attached hydrogens (tertiary/aromatic N) is 1. The van der Waals surface area contributed by atoms with E-state index in [0.29, 0.717) is 0 Å². The van der Waals surface area contributed by atoms with Gasteiger partial charge in [-0.3, -0.25) is 0 Å². The summed E-state index contributed by atoms with van der Waals surface area (Å²) >= 11 is 0. The summed E-state index contributed by atoms with van der Waals surface area (Å²) in [5.74, 6) is 6.33. The Balaban J connectivity index is 2.30. The summed E-state index contributed by atoms with van der Waals surface area (Å²) in [5.41, 5.74) is 2.03. The lowest BCUT2D eigenvalue weighted by molar-refractivity contribution is -0.689. The Kier molecular flexibility index (Phi) is 3.72. The van der Waals surface area contributed by atoms with Crippen LogP contribution in [-0.2, 0) is 6.54 Å². The zero-order valence-electron chi connectivity index (χ0n) is 9.63. The third-order valence-electron chi connectivity index (χ3n) is 2.38. The van der Waals surface area contributed by atoms with Crippen LogP contribution in [0.4, 0.5) is 0 Å². The van der Waals surface area contributed by atoms with Gasteiger partial charge in [0.15, 0.2) is 12.7 Å². The first-order chi connectivity index (χ1) is 8.40. The molecule has 1 heterocycles. The van der Waals surface area contributed by atoms with Gasteiger partial charge in [-0.25, -0.2) is 0 Å². The Labute approximate surface area is 102 Å². The Morgan fingerprint density at radius 3 is 2.53 bits per heavy atom. The Bertz CT molecular complexity index is 559. The van der Waals surface area contributed by atoms with Gasteiger partial charge in [0.25, 0.3) is 5.69 Å². The predicted molar refractivity (Wildman–Crippen MR) is 69.3 cm³/mol. The van der Waals surface area contributed by atoms with E-state index < -0.39 is 0 Å². The molecule has 17 heavy (non-hydrogen) atoms. The van der Waals surface area contributed by atoms with Crippen molar-refractivity contribution in [1.29, 1.82) is 0 Å². The Hall–Kier alpha value is -2.33. The van der Waals surface area contributed by atoms with Gasteiger partial charge in [0.1, 0.15) is 0 Å². The minimum atomic E-state index is 0.777. The molecule has 0 amide bonds. The largest absolute Gasteiger partial charge is 0.257 e. The Morgan fingerprint density at radius 2 is 1.76 bits per heavy atom. The molecule has 0 spiro atoms. The van der Waals surface area contributed by atoms with Crippen molar-refractivity contribution in [2.75, 3.05) is 0 Å². The number of aromatic nitrogens is 1. The monoisotopic (exact) mass is 220 g/mol. The summed E-state index contributed by atoms with van der Waals surface area (Å²) in [6, 6.07) is 16.0. The third kappa shape index (κ3) is 3.06. The van der Waals surface area contributed by atoms with E-state index in [1.807, 2.05) is 60.8 Å². The molecule has 2 rings (SSSR count). The van der Waals surface area contributed by atoms with E-state index in [0.717, 1.165) is 17.8 Å². The molecular weight excluding hydrogens is 206 g/mol. The molecule has 1 heteroatoms. The van der Waals surface area contributed by atoms with Crippen molar-refractivity contribution in [2.24, 2.45) is 0 Å². The maximum atomic E-state index is 3.75. The molecule has 0 bridgehead atoms. The molecule has 0 saturated heterocycles. The summed E-state index contributed by atoms with van der Waals surface area (Å²) in [6.07, 6.45) is 3.88. The molecule has 0 N–H and O–H groups in total. The topological polar surface area (TPSA) is 3.88 Å². The molecule has 1 aromatic carbocycles. The predicted octanol–water partition coefficient (Wildman–Crippen LogP) is 2.56. The lowest BCUT2D eigenvalue weighted by Gasteiger charge is -1.94. The van der Waals surface area contributed by atoms with Crippen molar-refractivity contribution in [3.8, 4) is 11.8 Å². The van der Waals surface area contributed by atoms with Crippen molar-refractivity contribution in [2.45, 2.75) is 6.54 Å². The highest BCUT2D eigenvalue weighted by Gasteiger charge is 2.02. The van der Waals surface area contributed by atoms with Crippen LogP contribution in [0.25, 0.3) is 0 Å². The van der Waals surface area contributed by atoms with Gasteiger partial charge >= 0.3 is 0 Å². The number of hydrogen-bond donors (Lipinski definition) is 0. The van der Waals surface area contributed by atoms with Crippen molar-refractivity contribution >= 4 is 0 Å². The lowest BCUT2D eigenvalue weighted by atomic mass is 10.2. The standard InChI is InChI=1S/C16H14N/c1-2-13-17-14-7-6-10-16(17)12-11-15-8-4-3-5-9-15/h2-10,14H,1,13H2/q+1. The van der Waals surface area contributed by atoms with Crippen LogP contribution < -0.4 is 4.57 Å². The van der Waals surface area contributed by atoms with E-state index in [1.54, 1.807) is 0 Å². The van der Waals surface area contributed by atoms with Crippen LogP contribution >= 0.6 is 0 Å². The number of pyridine rings is 1. The minimum absolute atomic E-state index is 0.777. The number of allylic oxidation sites excluding steroid dienone is 1. The van der Waals surface area contributed by atoms with E-state index >= 15 is 0 Å². The van der Waals surface area contributed by atoms with Crippen LogP contribution in [0.1, 0.15) is 11.3 Å². The van der Waals surface area contributed by atoms with Gasteiger partial charge < -0.3 is 0 Å². The fourth-order valence-corrected chi connectivity index (χ4v) is 1.55. The van der Waals surface area contributed by atoms with Crippen molar-refractivity contribution in [1.82, 2.24) is 0 Å². The van der Waals surface area contributed by atoms with Crippen molar-refractivity contribution in [3.05, 3.63) is 78.6 Å². The fourth-order valence-electron chi connectivity index (χ4n) is 1.55. The van der Waals surface area contributed by atoms with Gasteiger partial charge in [0.2, 0.25) is 0 Å². The van der Waals surface area contributed by atoms with Gasteiger partial charge in [-0.15, -0.1) is 0 Å². The molecule has 0 aliphatic carbocycles. The first-order valence-corrected chi connectivity index (χ1v) is 5.56. The van der Waals surface area contributed by atoms with Gasteiger partial charge in [-0.1, -0.05) is 30.7 Å². The van der Waals surface area contributed by atoms with E-state index in [9.17, 15) is 0 Å². The molecule has 0 saturated carbocycles. The summed E-state index contributed by atoms with van der Waals surface area (Å²) in [6.45, 7) is 4.52. The minimum Gasteiger partial charge on any atom is -0.188 e. The molecule has 0 fully saturated rings. The Morgan fingerprint density at radius 1 is 1.00 bits per heavy atom. The normalized spacial score (nSPS) is 9.18. The van der Waals surface area contributed by atoms with Gasteiger partial charge in [-0.2, -0.15) is 4.57 Å². The molecule has 1 aromatic heterocycles. The average Bonchev–Trinajstić information content (AvgIpc) is 2.39. The van der Waals surface area contributed by atoms with E-state index in [2.05, 4.69) is 23.0 Å². The quantitative estimate of drug-likeness (QED) is 0.416. The highest BCUT2D eigenvalue weighted by molar-refractivity contribution is 5.38. The molecule has 2 aromatic rings. The van der Waals surface area contributed by atoms with E-state index in [4.69, 9.17) is 0 Å². The second-order valence-electron chi connectivity index (χ2n) is 3.64. The number of benzene rings is 1. The van der Waals surface area contributed by atoms with Crippen LogP contribution in [0.15, 0.2) is 67.4 Å². The van der Waals surface area contributed by atoms with Gasteiger partial charge in [0.05, 0.1) is 0 Å². The summed E-state index contributed by atoms with van der Waals surface area (Å²) < 4.78 is 2.07. The summed E-state index contributed by atoms with van der Waals surface area (Å²) in [5, 5.41) is 0. The second-order valence-corrected chi connectivity index (χ2v) is 3.64. The summed E-state index contributed by atoms with van der Waals surface area (Å²) in [4.78, 5) is 0. The van der Waals surface area contributed by atoms with Crippen LogP contribution in [0.3, 0.4) is 0 Å². The third-order valence-corrected chi connectivity index (χ3v) is 2.38. The highest BCUT2D eigenvalue weighted by Crippen LogP contribution is 1.96. The summed E-state index contributed by atoms with van der Waals surface area (Å²) in [7, 11) is 0. The van der Waals surface area contributed by atoms with Crippen LogP contribution in [0.2, 0.25) is 0 Å². The van der Waals surface area contributed by atoms with Crippen LogP contribution in [0, 0.1) is 11.8 Å². The van der Waals surface area contributed by atoms with Crippen molar-refractivity contribution < 1.29 is 4.57 Å². The number of hydrogen-bond acceptors (Lipinski definition) is 0. The maximum Gasteiger partial charge on any atom is 0.257 e. The molecule has 0 radical (unpaired) electrons. The van der Waals surface area contributed by atoms with E-state index in [1.165, 1.54) is 0 Å². The molecule has 82 valence electrons. The van der Waals surface area contributed by atoms with Crippen LogP contribution in [0.5, 0.6) is 0 Å². The zero-order valence-corrected chi connectivity index (χ0v) is 9.63. The lowest BCUT2D eigenvalue weighted by Crippen LogP contribution is -2.35. The first kappa shape index (κ1) is 11.2. The van der Waals surface area contributed by atoms with Gasteiger partial charge in [0, 0.05) is 23.6 Å². The molecule has 0 aliphatic heterocycles. The average molecular weight is 220 g/mol. The fraction of sp³-hybridized carbons (Fsp3) is 0.0625. The molecular formula is C16H14N+. The molecule has 0 atom stereocenters. The first-order valence-electron chi connectivity index (χ1n) is 5.56. The van der Waals surface area contributed by atoms with Crippen LogP contribution in [-0.4, -0.2) is 0 Å². The molecule has 0 aliphatic rings. The SMILES string of the molecule is C=CC[n+]1ccccc1C#Cc1ccccc1. The maximum absolute atomic E-state index is 3.75. The highest BCUT2D eigenvalue weighted by atomic mass is 14.9.